The Labute approximate surface area is 124 Å². The Morgan fingerprint density at radius 3 is 2.50 bits per heavy atom. The van der Waals surface area contributed by atoms with Crippen LogP contribution >= 0.6 is 11.6 Å². The molecule has 0 spiro atoms. The highest BCUT2D eigenvalue weighted by molar-refractivity contribution is 7.91. The molecule has 8 heteroatoms. The summed E-state index contributed by atoms with van der Waals surface area (Å²) in [5, 5.41) is 12.0. The van der Waals surface area contributed by atoms with Crippen molar-refractivity contribution in [3.63, 3.8) is 0 Å². The summed E-state index contributed by atoms with van der Waals surface area (Å²) in [4.78, 5) is 13.9. The molecule has 2 N–H and O–H groups in total. The summed E-state index contributed by atoms with van der Waals surface area (Å²) in [6, 6.07) is -0.498. The molecule has 0 bridgehead atoms. The van der Waals surface area contributed by atoms with Crippen molar-refractivity contribution in [2.75, 3.05) is 31.1 Å². The fourth-order valence-corrected chi connectivity index (χ4v) is 5.14. The van der Waals surface area contributed by atoms with Crippen molar-refractivity contribution in [1.82, 2.24) is 10.2 Å². The number of aliphatic hydroxyl groups is 1. The average Bonchev–Trinajstić information content (AvgIpc) is 2.55. The standard InChI is InChI=1S/C12H21ClN2O4S/c1-12(17)2-4-15(5-3-12)6-11(16)14-10-8-20(18,19)7-9(10)13/h9-10,17H,2-8H2,1H3,(H,14,16). The molecule has 2 saturated heterocycles. The Morgan fingerprint density at radius 2 is 2.00 bits per heavy atom. The molecule has 20 heavy (non-hydrogen) atoms. The van der Waals surface area contributed by atoms with Crippen molar-refractivity contribution in [2.24, 2.45) is 0 Å². The van der Waals surface area contributed by atoms with E-state index in [4.69, 9.17) is 11.6 Å². The van der Waals surface area contributed by atoms with Gasteiger partial charge in [-0.05, 0) is 19.8 Å². The minimum absolute atomic E-state index is 0.0773. The van der Waals surface area contributed by atoms with Gasteiger partial charge in [-0.3, -0.25) is 9.69 Å². The Morgan fingerprint density at radius 1 is 1.40 bits per heavy atom. The number of hydrogen-bond donors (Lipinski definition) is 2. The second-order valence-electron chi connectivity index (χ2n) is 6.04. The monoisotopic (exact) mass is 324 g/mol. The molecule has 2 atom stereocenters. The second-order valence-corrected chi connectivity index (χ2v) is 8.75. The zero-order valence-electron chi connectivity index (χ0n) is 11.5. The van der Waals surface area contributed by atoms with Crippen LogP contribution in [-0.4, -0.2) is 72.5 Å². The number of piperidine rings is 1. The zero-order chi connectivity index (χ0) is 15.0. The van der Waals surface area contributed by atoms with E-state index >= 15 is 0 Å². The first-order valence-corrected chi connectivity index (χ1v) is 9.01. The normalized spacial score (nSPS) is 33.0. The maximum atomic E-state index is 11.9. The largest absolute Gasteiger partial charge is 0.390 e. The van der Waals surface area contributed by atoms with Crippen molar-refractivity contribution >= 4 is 27.3 Å². The van der Waals surface area contributed by atoms with Gasteiger partial charge in [0.2, 0.25) is 5.91 Å². The lowest BCUT2D eigenvalue weighted by atomic mass is 9.94. The molecule has 2 aliphatic rings. The number of halogens is 1. The molecule has 2 aliphatic heterocycles. The summed E-state index contributed by atoms with van der Waals surface area (Å²) in [5.74, 6) is -0.368. The van der Waals surface area contributed by atoms with Gasteiger partial charge in [0.05, 0.1) is 35.1 Å². The maximum absolute atomic E-state index is 11.9. The molecule has 2 unspecified atom stereocenters. The van der Waals surface area contributed by atoms with E-state index in [2.05, 4.69) is 5.32 Å². The quantitative estimate of drug-likeness (QED) is 0.674. The number of carbonyl (C=O) groups is 1. The number of hydrogen-bond acceptors (Lipinski definition) is 5. The SMILES string of the molecule is CC1(O)CCN(CC(=O)NC2CS(=O)(=O)CC2Cl)CC1. The van der Waals surface area contributed by atoms with E-state index in [1.165, 1.54) is 0 Å². The molecule has 0 aromatic carbocycles. The summed E-state index contributed by atoms with van der Waals surface area (Å²) in [7, 11) is -3.13. The molecule has 1 amide bonds. The van der Waals surface area contributed by atoms with Crippen molar-refractivity contribution in [3.05, 3.63) is 0 Å². The summed E-state index contributed by atoms with van der Waals surface area (Å²) >= 11 is 5.95. The predicted octanol–water partition coefficient (Wildman–Crippen LogP) is -0.646. The number of nitrogens with zero attached hydrogens (tertiary/aromatic N) is 1. The van der Waals surface area contributed by atoms with Gasteiger partial charge < -0.3 is 10.4 Å². The molecule has 2 rings (SSSR count). The first-order valence-electron chi connectivity index (χ1n) is 6.75. The number of carbonyl (C=O) groups excluding carboxylic acids is 1. The van der Waals surface area contributed by atoms with E-state index in [1.807, 2.05) is 4.90 Å². The topological polar surface area (TPSA) is 86.7 Å². The van der Waals surface area contributed by atoms with Crippen LogP contribution in [0.4, 0.5) is 0 Å². The fourth-order valence-electron chi connectivity index (χ4n) is 2.59. The van der Waals surface area contributed by atoms with E-state index in [-0.39, 0.29) is 24.0 Å². The van der Waals surface area contributed by atoms with Gasteiger partial charge >= 0.3 is 0 Å². The van der Waals surface area contributed by atoms with Gasteiger partial charge in [-0.25, -0.2) is 8.42 Å². The van der Waals surface area contributed by atoms with Crippen LogP contribution in [-0.2, 0) is 14.6 Å². The van der Waals surface area contributed by atoms with Gasteiger partial charge in [0.25, 0.3) is 0 Å². The first-order chi connectivity index (χ1) is 9.17. The molecule has 2 fully saturated rings. The molecule has 0 radical (unpaired) electrons. The minimum atomic E-state index is -3.13. The van der Waals surface area contributed by atoms with Crippen LogP contribution < -0.4 is 5.32 Å². The van der Waals surface area contributed by atoms with Gasteiger partial charge in [-0.15, -0.1) is 11.6 Å². The summed E-state index contributed by atoms with van der Waals surface area (Å²) in [6.07, 6.45) is 1.27. The second kappa shape index (κ2) is 5.79. The fraction of sp³-hybridized carbons (Fsp3) is 0.917. The Balaban J connectivity index is 1.79. The van der Waals surface area contributed by atoms with Gasteiger partial charge in [0.1, 0.15) is 0 Å². The highest BCUT2D eigenvalue weighted by Gasteiger charge is 2.37. The Bertz CT molecular complexity index is 470. The average molecular weight is 325 g/mol. The number of nitrogens with one attached hydrogen (secondary N) is 1. The van der Waals surface area contributed by atoms with Crippen LogP contribution in [0.1, 0.15) is 19.8 Å². The molecule has 6 nitrogen and oxygen atoms in total. The lowest BCUT2D eigenvalue weighted by molar-refractivity contribution is -0.123. The van der Waals surface area contributed by atoms with Gasteiger partial charge in [-0.1, -0.05) is 0 Å². The van der Waals surface area contributed by atoms with E-state index < -0.39 is 26.9 Å². The first kappa shape index (κ1) is 16.0. The lowest BCUT2D eigenvalue weighted by Gasteiger charge is -2.35. The number of amides is 1. The van der Waals surface area contributed by atoms with E-state index in [9.17, 15) is 18.3 Å². The Kier molecular flexibility index (Phi) is 4.63. The smallest absolute Gasteiger partial charge is 0.234 e. The minimum Gasteiger partial charge on any atom is -0.390 e. The highest BCUT2D eigenvalue weighted by atomic mass is 35.5. The van der Waals surface area contributed by atoms with E-state index in [1.54, 1.807) is 6.92 Å². The van der Waals surface area contributed by atoms with Gasteiger partial charge in [0.15, 0.2) is 9.84 Å². The van der Waals surface area contributed by atoms with E-state index in [0.29, 0.717) is 25.9 Å². The summed E-state index contributed by atoms with van der Waals surface area (Å²) in [5.41, 5.74) is -0.645. The Hall–Kier alpha value is -0.370. The third kappa shape index (κ3) is 4.31. The lowest BCUT2D eigenvalue weighted by Crippen LogP contribution is -2.49. The van der Waals surface area contributed by atoms with E-state index in [0.717, 1.165) is 0 Å². The molecule has 0 aromatic heterocycles. The molecule has 0 aliphatic carbocycles. The van der Waals surface area contributed by atoms with Crippen LogP contribution in [0.15, 0.2) is 0 Å². The van der Waals surface area contributed by atoms with Crippen molar-refractivity contribution in [1.29, 1.82) is 0 Å². The zero-order valence-corrected chi connectivity index (χ0v) is 13.1. The third-order valence-corrected chi connectivity index (χ3v) is 6.31. The summed E-state index contributed by atoms with van der Waals surface area (Å²) in [6.45, 7) is 3.34. The van der Waals surface area contributed by atoms with Crippen molar-refractivity contribution in [2.45, 2.75) is 36.8 Å². The molecule has 0 saturated carbocycles. The van der Waals surface area contributed by atoms with Crippen LogP contribution in [0.2, 0.25) is 0 Å². The summed E-state index contributed by atoms with van der Waals surface area (Å²) < 4.78 is 22.8. The number of likely N-dealkylation sites (tertiary alicyclic amines) is 1. The predicted molar refractivity (Wildman–Crippen MR) is 76.5 cm³/mol. The van der Waals surface area contributed by atoms with Crippen LogP contribution in [0, 0.1) is 0 Å². The number of rotatable bonds is 3. The number of sulfone groups is 1. The van der Waals surface area contributed by atoms with Crippen molar-refractivity contribution < 1.29 is 18.3 Å². The molecule has 116 valence electrons. The van der Waals surface area contributed by atoms with Crippen molar-refractivity contribution in [3.8, 4) is 0 Å². The van der Waals surface area contributed by atoms with Crippen LogP contribution in [0.5, 0.6) is 0 Å². The van der Waals surface area contributed by atoms with Gasteiger partial charge in [0, 0.05) is 13.1 Å². The molecule has 0 aromatic rings. The molecule has 2 heterocycles. The molecular weight excluding hydrogens is 304 g/mol. The van der Waals surface area contributed by atoms with Crippen LogP contribution in [0.25, 0.3) is 0 Å². The highest BCUT2D eigenvalue weighted by Crippen LogP contribution is 2.21. The molecular formula is C12H21ClN2O4S. The third-order valence-electron chi connectivity index (χ3n) is 3.93. The maximum Gasteiger partial charge on any atom is 0.234 e. The number of alkyl halides is 1. The van der Waals surface area contributed by atoms with Gasteiger partial charge in [-0.2, -0.15) is 0 Å². The van der Waals surface area contributed by atoms with Crippen LogP contribution in [0.3, 0.4) is 0 Å².